The molecule has 0 atom stereocenters. The molecule has 0 amide bonds. The first-order chi connectivity index (χ1) is 8.65. The standard InChI is InChI=1S/C12H14O3.C3H6/c1-15-12(14)9-5-8-11(13)10-6-3-2-4-7-10;1-3-2/h2-4,6-7H,5,8-9H2,1H3;3H,1H2,2H3. The molecule has 0 aliphatic rings. The number of ketones is 1. The molecule has 1 aromatic rings. The van der Waals surface area contributed by atoms with Crippen LogP contribution in [-0.2, 0) is 9.53 Å². The number of carbonyl (C=O) groups is 2. The van der Waals surface area contributed by atoms with Gasteiger partial charge in [-0.2, -0.15) is 0 Å². The van der Waals surface area contributed by atoms with Crippen LogP contribution in [0.15, 0.2) is 43.0 Å². The molecule has 98 valence electrons. The molecule has 0 fully saturated rings. The largest absolute Gasteiger partial charge is 0.469 e. The van der Waals surface area contributed by atoms with Crippen molar-refractivity contribution in [1.29, 1.82) is 0 Å². The minimum Gasteiger partial charge on any atom is -0.469 e. The van der Waals surface area contributed by atoms with Crippen LogP contribution >= 0.6 is 0 Å². The summed E-state index contributed by atoms with van der Waals surface area (Å²) in [6.45, 7) is 5.25. The second-order valence-electron chi connectivity index (χ2n) is 3.63. The van der Waals surface area contributed by atoms with E-state index in [1.165, 1.54) is 7.11 Å². The summed E-state index contributed by atoms with van der Waals surface area (Å²) in [4.78, 5) is 22.4. The molecule has 0 N–H and O–H groups in total. The molecular formula is C15H20O3. The Morgan fingerprint density at radius 1 is 1.22 bits per heavy atom. The molecule has 0 aliphatic heterocycles. The van der Waals surface area contributed by atoms with Crippen molar-refractivity contribution in [1.82, 2.24) is 0 Å². The molecule has 0 saturated heterocycles. The van der Waals surface area contributed by atoms with Crippen molar-refractivity contribution in [3.05, 3.63) is 48.6 Å². The predicted octanol–water partition coefficient (Wildman–Crippen LogP) is 3.40. The maximum absolute atomic E-state index is 11.6. The minimum absolute atomic E-state index is 0.0690. The van der Waals surface area contributed by atoms with Crippen LogP contribution < -0.4 is 0 Å². The zero-order valence-electron chi connectivity index (χ0n) is 11.0. The summed E-state index contributed by atoms with van der Waals surface area (Å²) in [5.41, 5.74) is 0.697. The lowest BCUT2D eigenvalue weighted by atomic mass is 10.1. The number of ether oxygens (including phenoxy) is 1. The zero-order chi connectivity index (χ0) is 13.8. The number of methoxy groups -OCH3 is 1. The van der Waals surface area contributed by atoms with Crippen molar-refractivity contribution >= 4 is 11.8 Å². The summed E-state index contributed by atoms with van der Waals surface area (Å²) in [5.74, 6) is -0.199. The van der Waals surface area contributed by atoms with Crippen LogP contribution in [0.1, 0.15) is 36.5 Å². The molecule has 0 radical (unpaired) electrons. The number of Topliss-reactive ketones (excluding diaryl/α,β-unsaturated/α-hetero) is 1. The highest BCUT2D eigenvalue weighted by atomic mass is 16.5. The van der Waals surface area contributed by atoms with Gasteiger partial charge in [-0.15, -0.1) is 6.58 Å². The van der Waals surface area contributed by atoms with E-state index in [0.29, 0.717) is 24.8 Å². The van der Waals surface area contributed by atoms with Crippen molar-refractivity contribution in [2.45, 2.75) is 26.2 Å². The molecule has 0 heterocycles. The molecule has 0 unspecified atom stereocenters. The summed E-state index contributed by atoms with van der Waals surface area (Å²) >= 11 is 0. The lowest BCUT2D eigenvalue weighted by Crippen LogP contribution is -2.03. The maximum atomic E-state index is 11.6. The third kappa shape index (κ3) is 7.39. The Morgan fingerprint density at radius 3 is 2.28 bits per heavy atom. The van der Waals surface area contributed by atoms with Crippen LogP contribution in [-0.4, -0.2) is 18.9 Å². The van der Waals surface area contributed by atoms with E-state index in [1.54, 1.807) is 18.2 Å². The van der Waals surface area contributed by atoms with E-state index in [-0.39, 0.29) is 11.8 Å². The highest BCUT2D eigenvalue weighted by molar-refractivity contribution is 5.96. The lowest BCUT2D eigenvalue weighted by Gasteiger charge is -2.00. The van der Waals surface area contributed by atoms with Gasteiger partial charge in [-0.3, -0.25) is 9.59 Å². The number of esters is 1. The van der Waals surface area contributed by atoms with Gasteiger partial charge >= 0.3 is 5.97 Å². The van der Waals surface area contributed by atoms with Gasteiger partial charge in [0.2, 0.25) is 0 Å². The average molecular weight is 248 g/mol. The van der Waals surface area contributed by atoms with Gasteiger partial charge in [0.1, 0.15) is 0 Å². The number of rotatable bonds is 5. The SMILES string of the molecule is C=CC.COC(=O)CCCC(=O)c1ccccc1. The summed E-state index contributed by atoms with van der Waals surface area (Å²) in [6.07, 6.45) is 2.98. The molecule has 0 aliphatic carbocycles. The first kappa shape index (κ1) is 16.1. The van der Waals surface area contributed by atoms with Gasteiger partial charge in [-0.25, -0.2) is 0 Å². The van der Waals surface area contributed by atoms with Gasteiger partial charge in [0.15, 0.2) is 5.78 Å². The van der Waals surface area contributed by atoms with E-state index in [2.05, 4.69) is 11.3 Å². The smallest absolute Gasteiger partial charge is 0.305 e. The molecule has 0 aromatic heterocycles. The van der Waals surface area contributed by atoms with Crippen LogP contribution in [0.3, 0.4) is 0 Å². The third-order valence-electron chi connectivity index (χ3n) is 2.11. The summed E-state index contributed by atoms with van der Waals surface area (Å²) in [5, 5.41) is 0. The monoisotopic (exact) mass is 248 g/mol. The summed E-state index contributed by atoms with van der Waals surface area (Å²) in [6, 6.07) is 9.08. The Bertz CT molecular complexity index is 369. The molecule has 1 aromatic carbocycles. The fraction of sp³-hybridized carbons (Fsp3) is 0.333. The van der Waals surface area contributed by atoms with Crippen molar-refractivity contribution in [3.63, 3.8) is 0 Å². The second-order valence-corrected chi connectivity index (χ2v) is 3.63. The van der Waals surface area contributed by atoms with Gasteiger partial charge in [-0.1, -0.05) is 36.4 Å². The van der Waals surface area contributed by atoms with Crippen molar-refractivity contribution in [2.24, 2.45) is 0 Å². The molecule has 0 spiro atoms. The van der Waals surface area contributed by atoms with E-state index >= 15 is 0 Å². The Hall–Kier alpha value is -1.90. The van der Waals surface area contributed by atoms with Crippen molar-refractivity contribution < 1.29 is 14.3 Å². The third-order valence-corrected chi connectivity index (χ3v) is 2.11. The van der Waals surface area contributed by atoms with Crippen LogP contribution in [0.5, 0.6) is 0 Å². The van der Waals surface area contributed by atoms with Crippen LogP contribution in [0, 0.1) is 0 Å². The van der Waals surface area contributed by atoms with E-state index in [4.69, 9.17) is 0 Å². The molecule has 0 saturated carbocycles. The Morgan fingerprint density at radius 2 is 1.78 bits per heavy atom. The molecule has 18 heavy (non-hydrogen) atoms. The maximum Gasteiger partial charge on any atom is 0.305 e. The predicted molar refractivity (Wildman–Crippen MR) is 72.5 cm³/mol. The minimum atomic E-state index is -0.268. The van der Waals surface area contributed by atoms with E-state index in [9.17, 15) is 9.59 Å². The second kappa shape index (κ2) is 10.3. The summed E-state index contributed by atoms with van der Waals surface area (Å²) < 4.78 is 4.49. The lowest BCUT2D eigenvalue weighted by molar-refractivity contribution is -0.140. The molecule has 0 bridgehead atoms. The van der Waals surface area contributed by atoms with Crippen molar-refractivity contribution in [2.75, 3.05) is 7.11 Å². The number of hydrogen-bond donors (Lipinski definition) is 0. The number of benzene rings is 1. The zero-order valence-corrected chi connectivity index (χ0v) is 11.0. The van der Waals surface area contributed by atoms with E-state index in [0.717, 1.165) is 0 Å². The van der Waals surface area contributed by atoms with Crippen molar-refractivity contribution in [3.8, 4) is 0 Å². The first-order valence-corrected chi connectivity index (χ1v) is 5.87. The molecule has 3 heteroatoms. The van der Waals surface area contributed by atoms with Gasteiger partial charge in [-0.05, 0) is 13.3 Å². The highest BCUT2D eigenvalue weighted by Crippen LogP contribution is 2.06. The fourth-order valence-corrected chi connectivity index (χ4v) is 1.26. The molecule has 1 rings (SSSR count). The fourth-order valence-electron chi connectivity index (χ4n) is 1.26. The Labute approximate surface area is 108 Å². The molecule has 3 nitrogen and oxygen atoms in total. The van der Waals surface area contributed by atoms with E-state index in [1.807, 2.05) is 25.1 Å². The number of hydrogen-bond acceptors (Lipinski definition) is 3. The summed E-state index contributed by atoms with van der Waals surface area (Å²) in [7, 11) is 1.35. The van der Waals surface area contributed by atoms with Gasteiger partial charge in [0, 0.05) is 18.4 Å². The van der Waals surface area contributed by atoms with Crippen LogP contribution in [0.2, 0.25) is 0 Å². The normalized spacial score (nSPS) is 8.78. The number of carbonyl (C=O) groups excluding carboxylic acids is 2. The van der Waals surface area contributed by atoms with Crippen LogP contribution in [0.4, 0.5) is 0 Å². The van der Waals surface area contributed by atoms with Gasteiger partial charge in [0.25, 0.3) is 0 Å². The Balaban J connectivity index is 0.000000873. The van der Waals surface area contributed by atoms with Gasteiger partial charge in [0.05, 0.1) is 7.11 Å². The van der Waals surface area contributed by atoms with Crippen LogP contribution in [0.25, 0.3) is 0 Å². The Kier molecular flexibility index (Phi) is 9.18. The van der Waals surface area contributed by atoms with E-state index < -0.39 is 0 Å². The highest BCUT2D eigenvalue weighted by Gasteiger charge is 2.06. The molecular weight excluding hydrogens is 228 g/mol. The first-order valence-electron chi connectivity index (χ1n) is 5.87. The van der Waals surface area contributed by atoms with Gasteiger partial charge < -0.3 is 4.74 Å². The number of allylic oxidation sites excluding steroid dienone is 1. The average Bonchev–Trinajstić information content (AvgIpc) is 2.40. The topological polar surface area (TPSA) is 43.4 Å². The quantitative estimate of drug-likeness (QED) is 0.455.